The Hall–Kier alpha value is -1.47. The van der Waals surface area contributed by atoms with E-state index in [1.54, 1.807) is 6.07 Å². The molecular formula is C18H21ClF3N3O. The van der Waals surface area contributed by atoms with Crippen molar-refractivity contribution in [3.8, 4) is 0 Å². The Bertz CT molecular complexity index is 825. The lowest BCUT2D eigenvalue weighted by Crippen LogP contribution is -2.66. The first kappa shape index (κ1) is 17.9. The second-order valence-electron chi connectivity index (χ2n) is 7.83. The lowest BCUT2D eigenvalue weighted by atomic mass is 9.72. The van der Waals surface area contributed by atoms with E-state index < -0.39 is 12.6 Å². The van der Waals surface area contributed by atoms with E-state index in [9.17, 15) is 13.2 Å². The highest BCUT2D eigenvalue weighted by Crippen LogP contribution is 2.42. The summed E-state index contributed by atoms with van der Waals surface area (Å²) in [6, 6.07) is 3.32. The number of rotatable bonds is 3. The maximum atomic E-state index is 12.9. The molecule has 0 unspecified atom stereocenters. The number of nitrogens with one attached hydrogen (secondary N) is 1. The Morgan fingerprint density at radius 2 is 2.00 bits per heavy atom. The van der Waals surface area contributed by atoms with E-state index in [1.165, 1.54) is 6.07 Å². The molecule has 1 N–H and O–H groups in total. The van der Waals surface area contributed by atoms with Gasteiger partial charge in [-0.3, -0.25) is 4.90 Å². The number of alkyl halides is 3. The number of nitrogens with zero attached hydrogens (tertiary/aromatic N) is 2. The van der Waals surface area contributed by atoms with Crippen LogP contribution in [0.25, 0.3) is 11.0 Å². The Morgan fingerprint density at radius 1 is 1.31 bits per heavy atom. The first-order valence-electron chi connectivity index (χ1n) is 8.82. The van der Waals surface area contributed by atoms with Gasteiger partial charge < -0.3 is 9.84 Å². The third kappa shape index (κ3) is 2.95. The van der Waals surface area contributed by atoms with Gasteiger partial charge in [-0.1, -0.05) is 16.8 Å². The Kier molecular flexibility index (Phi) is 4.15. The van der Waals surface area contributed by atoms with Gasteiger partial charge in [-0.2, -0.15) is 13.2 Å². The van der Waals surface area contributed by atoms with Crippen LogP contribution in [0.2, 0.25) is 5.02 Å². The molecule has 3 aliphatic heterocycles. The summed E-state index contributed by atoms with van der Waals surface area (Å²) < 4.78 is 44.0. The molecule has 0 amide bonds. The first-order valence-corrected chi connectivity index (χ1v) is 9.20. The van der Waals surface area contributed by atoms with Crippen molar-refractivity contribution in [2.75, 3.05) is 18.4 Å². The largest absolute Gasteiger partial charge is 0.393 e. The van der Waals surface area contributed by atoms with Crippen molar-refractivity contribution < 1.29 is 17.7 Å². The van der Waals surface area contributed by atoms with E-state index in [0.29, 0.717) is 17.1 Å². The van der Waals surface area contributed by atoms with E-state index in [0.717, 1.165) is 25.9 Å². The quantitative estimate of drug-likeness (QED) is 0.815. The van der Waals surface area contributed by atoms with E-state index in [4.69, 9.17) is 16.1 Å². The van der Waals surface area contributed by atoms with E-state index in [2.05, 4.69) is 29.2 Å². The van der Waals surface area contributed by atoms with Crippen molar-refractivity contribution in [2.45, 2.75) is 50.9 Å². The van der Waals surface area contributed by atoms with Gasteiger partial charge in [0.25, 0.3) is 0 Å². The third-order valence-corrected chi connectivity index (χ3v) is 6.30. The molecule has 4 nitrogen and oxygen atoms in total. The molecule has 1 aromatic heterocycles. The summed E-state index contributed by atoms with van der Waals surface area (Å²) in [5.41, 5.74) is -0.00462. The average Bonchev–Trinajstić information content (AvgIpc) is 2.96. The molecule has 1 aromatic carbocycles. The molecule has 5 rings (SSSR count). The number of halogens is 4. The Balaban J connectivity index is 1.69. The average molecular weight is 388 g/mol. The molecule has 3 aliphatic rings. The first-order chi connectivity index (χ1) is 12.2. The number of piperidine rings is 3. The topological polar surface area (TPSA) is 41.3 Å². The Labute approximate surface area is 154 Å². The van der Waals surface area contributed by atoms with Crippen LogP contribution in [0.3, 0.4) is 0 Å². The molecule has 4 heterocycles. The third-order valence-electron chi connectivity index (χ3n) is 5.94. The molecule has 0 spiro atoms. The van der Waals surface area contributed by atoms with E-state index in [1.807, 2.05) is 0 Å². The molecule has 26 heavy (non-hydrogen) atoms. The van der Waals surface area contributed by atoms with Crippen LogP contribution in [0.15, 0.2) is 16.7 Å². The number of benzene rings is 1. The lowest BCUT2D eigenvalue weighted by molar-refractivity contribution is -0.127. The maximum Gasteiger partial charge on any atom is 0.393 e. The lowest BCUT2D eigenvalue weighted by Gasteiger charge is -2.56. The van der Waals surface area contributed by atoms with Crippen molar-refractivity contribution in [3.05, 3.63) is 22.7 Å². The number of fused-ring (bicyclic) bond motifs is 4. The predicted molar refractivity (Wildman–Crippen MR) is 94.6 cm³/mol. The van der Waals surface area contributed by atoms with Crippen LogP contribution in [-0.2, 0) is 6.42 Å². The van der Waals surface area contributed by atoms with E-state index >= 15 is 0 Å². The minimum absolute atomic E-state index is 0.0423. The highest BCUT2D eigenvalue weighted by atomic mass is 35.5. The van der Waals surface area contributed by atoms with Crippen molar-refractivity contribution in [3.63, 3.8) is 0 Å². The van der Waals surface area contributed by atoms with Crippen LogP contribution in [-0.4, -0.2) is 40.9 Å². The highest BCUT2D eigenvalue weighted by molar-refractivity contribution is 6.32. The summed E-state index contributed by atoms with van der Waals surface area (Å²) in [5, 5.41) is 8.09. The van der Waals surface area contributed by atoms with Crippen molar-refractivity contribution in [1.82, 2.24) is 10.1 Å². The van der Waals surface area contributed by atoms with Crippen LogP contribution >= 0.6 is 11.6 Å². The summed E-state index contributed by atoms with van der Waals surface area (Å²) in [6.45, 7) is 6.57. The smallest absolute Gasteiger partial charge is 0.362 e. The molecule has 0 saturated carbocycles. The summed E-state index contributed by atoms with van der Waals surface area (Å²) in [7, 11) is 0. The van der Waals surface area contributed by atoms with Crippen molar-refractivity contribution in [1.29, 1.82) is 0 Å². The molecule has 3 fully saturated rings. The van der Waals surface area contributed by atoms with Gasteiger partial charge in [0.1, 0.15) is 0 Å². The summed E-state index contributed by atoms with van der Waals surface area (Å²) in [5.74, 6) is 1.01. The van der Waals surface area contributed by atoms with Crippen molar-refractivity contribution >= 4 is 28.4 Å². The Morgan fingerprint density at radius 3 is 2.62 bits per heavy atom. The molecule has 1 atom stereocenters. The van der Waals surface area contributed by atoms with Gasteiger partial charge in [-0.05, 0) is 57.8 Å². The zero-order valence-corrected chi connectivity index (χ0v) is 15.4. The van der Waals surface area contributed by atoms with Crippen molar-refractivity contribution in [2.24, 2.45) is 5.92 Å². The number of aromatic nitrogens is 1. The second-order valence-corrected chi connectivity index (χ2v) is 8.23. The predicted octanol–water partition coefficient (Wildman–Crippen LogP) is 4.87. The zero-order valence-electron chi connectivity index (χ0n) is 14.7. The molecular weight excluding hydrogens is 367 g/mol. The molecule has 0 aliphatic carbocycles. The standard InChI is InChI=1S/C18H21ClF3N3O/c1-17(2)15(10-5-7-25(17)8-6-10)23-16-11-3-4-13(19)12(9-18(20,21)22)14(11)26-24-16/h3-4,10,15H,5-9H2,1-2H3,(H,23,24)/t15-/m0/s1. The summed E-state index contributed by atoms with van der Waals surface area (Å²) in [4.78, 5) is 2.46. The monoisotopic (exact) mass is 387 g/mol. The van der Waals surface area contributed by atoms with E-state index in [-0.39, 0.29) is 27.7 Å². The van der Waals surface area contributed by atoms with Crippen LogP contribution in [0, 0.1) is 5.92 Å². The molecule has 2 aromatic rings. The molecule has 2 bridgehead atoms. The number of hydrogen-bond donors (Lipinski definition) is 1. The summed E-state index contributed by atoms with van der Waals surface area (Å²) in [6.07, 6.45) is -3.27. The van der Waals surface area contributed by atoms with Crippen LogP contribution in [0.4, 0.5) is 19.0 Å². The van der Waals surface area contributed by atoms with Crippen LogP contribution < -0.4 is 5.32 Å². The normalized spacial score (nSPS) is 27.8. The van der Waals surface area contributed by atoms with Gasteiger partial charge >= 0.3 is 6.18 Å². The number of anilines is 1. The molecule has 0 radical (unpaired) electrons. The fourth-order valence-electron chi connectivity index (χ4n) is 4.53. The second kappa shape index (κ2) is 6.02. The highest BCUT2D eigenvalue weighted by Gasteiger charge is 2.48. The molecule has 8 heteroatoms. The minimum Gasteiger partial charge on any atom is -0.362 e. The van der Waals surface area contributed by atoms with Crippen LogP contribution in [0.1, 0.15) is 32.3 Å². The van der Waals surface area contributed by atoms with Gasteiger partial charge in [0, 0.05) is 22.2 Å². The molecule has 142 valence electrons. The SMILES string of the molecule is CC1(C)[C@@H](Nc2noc3c(CC(F)(F)F)c(Cl)ccc23)C2CCN1CC2. The molecule has 3 saturated heterocycles. The minimum atomic E-state index is -4.36. The van der Waals surface area contributed by atoms with Gasteiger partial charge in [0.15, 0.2) is 11.4 Å². The summed E-state index contributed by atoms with van der Waals surface area (Å²) >= 11 is 5.99. The van der Waals surface area contributed by atoms with Gasteiger partial charge in [0.05, 0.1) is 11.8 Å². The van der Waals surface area contributed by atoms with Crippen LogP contribution in [0.5, 0.6) is 0 Å². The van der Waals surface area contributed by atoms with Gasteiger partial charge in [0.2, 0.25) is 0 Å². The number of hydrogen-bond acceptors (Lipinski definition) is 4. The van der Waals surface area contributed by atoms with Gasteiger partial charge in [-0.15, -0.1) is 0 Å². The van der Waals surface area contributed by atoms with Gasteiger partial charge in [-0.25, -0.2) is 0 Å². The maximum absolute atomic E-state index is 12.9. The fraction of sp³-hybridized carbons (Fsp3) is 0.611. The zero-order chi connectivity index (χ0) is 18.7. The fourth-order valence-corrected chi connectivity index (χ4v) is 4.74.